The molecule has 0 spiro atoms. The Hall–Kier alpha value is -0.120. The van der Waals surface area contributed by atoms with E-state index in [4.69, 9.17) is 10.5 Å². The lowest BCUT2D eigenvalue weighted by Crippen LogP contribution is -2.56. The van der Waals surface area contributed by atoms with E-state index in [0.29, 0.717) is 12.1 Å². The van der Waals surface area contributed by atoms with Crippen LogP contribution >= 0.6 is 0 Å². The SMILES string of the molecule is COCC1CCN(C2C(C)CC(C)CC2N)CC1. The van der Waals surface area contributed by atoms with Gasteiger partial charge in [-0.05, 0) is 56.5 Å². The standard InChI is InChI=1S/C15H30N2O/c1-11-8-12(2)15(14(16)9-11)17-6-4-13(5-7-17)10-18-3/h11-15H,4-10,16H2,1-3H3. The molecule has 0 bridgehead atoms. The van der Waals surface area contributed by atoms with Crippen LogP contribution < -0.4 is 5.73 Å². The van der Waals surface area contributed by atoms with Crippen LogP contribution in [0.5, 0.6) is 0 Å². The van der Waals surface area contributed by atoms with E-state index in [1.54, 1.807) is 0 Å². The Balaban J connectivity index is 1.88. The molecule has 106 valence electrons. The van der Waals surface area contributed by atoms with Crippen molar-refractivity contribution in [2.75, 3.05) is 26.8 Å². The Kier molecular flexibility index (Phi) is 5.05. The van der Waals surface area contributed by atoms with Gasteiger partial charge in [0.1, 0.15) is 0 Å². The van der Waals surface area contributed by atoms with Crippen LogP contribution in [0.25, 0.3) is 0 Å². The number of likely N-dealkylation sites (tertiary alicyclic amines) is 1. The number of methoxy groups -OCH3 is 1. The summed E-state index contributed by atoms with van der Waals surface area (Å²) in [5.74, 6) is 2.32. The Morgan fingerprint density at radius 3 is 2.39 bits per heavy atom. The lowest BCUT2D eigenvalue weighted by Gasteiger charge is -2.46. The van der Waals surface area contributed by atoms with Gasteiger partial charge in [-0.3, -0.25) is 4.90 Å². The molecule has 0 aromatic rings. The minimum atomic E-state index is 0.378. The van der Waals surface area contributed by atoms with Gasteiger partial charge in [-0.1, -0.05) is 13.8 Å². The van der Waals surface area contributed by atoms with Gasteiger partial charge in [0, 0.05) is 25.8 Å². The Bertz CT molecular complexity index is 239. The van der Waals surface area contributed by atoms with E-state index < -0.39 is 0 Å². The molecule has 0 aromatic carbocycles. The van der Waals surface area contributed by atoms with Crippen LogP contribution in [0.15, 0.2) is 0 Å². The molecule has 1 aliphatic heterocycles. The minimum Gasteiger partial charge on any atom is -0.384 e. The summed E-state index contributed by atoms with van der Waals surface area (Å²) >= 11 is 0. The highest BCUT2D eigenvalue weighted by Gasteiger charge is 2.37. The van der Waals surface area contributed by atoms with Crippen molar-refractivity contribution in [2.45, 2.75) is 51.6 Å². The molecule has 1 saturated heterocycles. The summed E-state index contributed by atoms with van der Waals surface area (Å²) in [4.78, 5) is 2.66. The van der Waals surface area contributed by atoms with Crippen molar-refractivity contribution in [2.24, 2.45) is 23.5 Å². The van der Waals surface area contributed by atoms with Crippen molar-refractivity contribution in [3.63, 3.8) is 0 Å². The fourth-order valence-electron chi connectivity index (χ4n) is 4.18. The number of hydrogen-bond acceptors (Lipinski definition) is 3. The number of piperidine rings is 1. The molecule has 18 heavy (non-hydrogen) atoms. The second-order valence-corrected chi connectivity index (χ2v) is 6.64. The molecule has 1 heterocycles. The fourth-order valence-corrected chi connectivity index (χ4v) is 4.18. The second kappa shape index (κ2) is 6.36. The molecule has 0 radical (unpaired) electrons. The predicted molar refractivity (Wildman–Crippen MR) is 75.5 cm³/mol. The van der Waals surface area contributed by atoms with Gasteiger partial charge >= 0.3 is 0 Å². The predicted octanol–water partition coefficient (Wildman–Crippen LogP) is 2.11. The monoisotopic (exact) mass is 254 g/mol. The molecule has 2 N–H and O–H groups in total. The lowest BCUT2D eigenvalue weighted by atomic mass is 9.75. The van der Waals surface area contributed by atoms with E-state index in [-0.39, 0.29) is 0 Å². The third-order valence-electron chi connectivity index (χ3n) is 4.94. The smallest absolute Gasteiger partial charge is 0.0491 e. The molecule has 1 saturated carbocycles. The number of nitrogens with zero attached hydrogens (tertiary/aromatic N) is 1. The molecule has 1 aliphatic carbocycles. The van der Waals surface area contributed by atoms with Gasteiger partial charge in [0.25, 0.3) is 0 Å². The number of ether oxygens (including phenoxy) is 1. The zero-order valence-electron chi connectivity index (χ0n) is 12.3. The molecule has 0 aromatic heterocycles. The van der Waals surface area contributed by atoms with Crippen molar-refractivity contribution < 1.29 is 4.74 Å². The first-order valence-corrected chi connectivity index (χ1v) is 7.60. The summed E-state index contributed by atoms with van der Waals surface area (Å²) in [7, 11) is 1.81. The Labute approximate surface area is 112 Å². The molecule has 0 amide bonds. The number of hydrogen-bond donors (Lipinski definition) is 1. The quantitative estimate of drug-likeness (QED) is 0.838. The van der Waals surface area contributed by atoms with Gasteiger partial charge in [-0.2, -0.15) is 0 Å². The van der Waals surface area contributed by atoms with Gasteiger partial charge in [0.05, 0.1) is 0 Å². The van der Waals surface area contributed by atoms with E-state index in [1.807, 2.05) is 7.11 Å². The summed E-state index contributed by atoms with van der Waals surface area (Å²) < 4.78 is 5.28. The number of rotatable bonds is 3. The zero-order valence-corrected chi connectivity index (χ0v) is 12.3. The van der Waals surface area contributed by atoms with E-state index in [9.17, 15) is 0 Å². The number of nitrogens with two attached hydrogens (primary N) is 1. The Morgan fingerprint density at radius 1 is 1.17 bits per heavy atom. The summed E-state index contributed by atoms with van der Waals surface area (Å²) in [5, 5.41) is 0. The van der Waals surface area contributed by atoms with Crippen molar-refractivity contribution in [3.8, 4) is 0 Å². The molecule has 3 nitrogen and oxygen atoms in total. The molecule has 3 heteroatoms. The molecule has 4 atom stereocenters. The van der Waals surface area contributed by atoms with E-state index in [0.717, 1.165) is 24.4 Å². The highest BCUT2D eigenvalue weighted by atomic mass is 16.5. The fraction of sp³-hybridized carbons (Fsp3) is 1.00. The highest BCUT2D eigenvalue weighted by molar-refractivity contribution is 4.93. The maximum Gasteiger partial charge on any atom is 0.0491 e. The summed E-state index contributed by atoms with van der Waals surface area (Å²) in [6, 6.07) is 0.993. The molecule has 2 aliphatic rings. The minimum absolute atomic E-state index is 0.378. The van der Waals surface area contributed by atoms with Gasteiger partial charge in [-0.25, -0.2) is 0 Å². The van der Waals surface area contributed by atoms with E-state index in [2.05, 4.69) is 18.7 Å². The van der Waals surface area contributed by atoms with Gasteiger partial charge in [0.2, 0.25) is 0 Å². The average molecular weight is 254 g/mol. The van der Waals surface area contributed by atoms with Crippen molar-refractivity contribution >= 4 is 0 Å². The van der Waals surface area contributed by atoms with Crippen molar-refractivity contribution in [1.82, 2.24) is 4.90 Å². The second-order valence-electron chi connectivity index (χ2n) is 6.64. The van der Waals surface area contributed by atoms with E-state index in [1.165, 1.54) is 38.8 Å². The van der Waals surface area contributed by atoms with E-state index >= 15 is 0 Å². The third kappa shape index (κ3) is 3.25. The van der Waals surface area contributed by atoms with Gasteiger partial charge < -0.3 is 10.5 Å². The van der Waals surface area contributed by atoms with Crippen molar-refractivity contribution in [1.29, 1.82) is 0 Å². The van der Waals surface area contributed by atoms with Crippen LogP contribution in [0.4, 0.5) is 0 Å². The van der Waals surface area contributed by atoms with Crippen LogP contribution in [0, 0.1) is 17.8 Å². The first kappa shape index (κ1) is 14.3. The summed E-state index contributed by atoms with van der Waals surface area (Å²) in [6.07, 6.45) is 5.10. The zero-order chi connectivity index (χ0) is 13.1. The lowest BCUT2D eigenvalue weighted by molar-refractivity contribution is 0.0313. The van der Waals surface area contributed by atoms with Crippen LogP contribution in [-0.2, 0) is 4.74 Å². The third-order valence-corrected chi connectivity index (χ3v) is 4.94. The average Bonchev–Trinajstić information content (AvgIpc) is 2.30. The summed E-state index contributed by atoms with van der Waals surface area (Å²) in [6.45, 7) is 8.09. The van der Waals surface area contributed by atoms with Crippen LogP contribution in [0.3, 0.4) is 0 Å². The molecule has 2 fully saturated rings. The van der Waals surface area contributed by atoms with Crippen LogP contribution in [-0.4, -0.2) is 43.8 Å². The normalized spacial score (nSPS) is 40.0. The maximum absolute atomic E-state index is 6.42. The van der Waals surface area contributed by atoms with Gasteiger partial charge in [0.15, 0.2) is 0 Å². The molecule has 4 unspecified atom stereocenters. The highest BCUT2D eigenvalue weighted by Crippen LogP contribution is 2.33. The maximum atomic E-state index is 6.42. The topological polar surface area (TPSA) is 38.5 Å². The largest absolute Gasteiger partial charge is 0.384 e. The Morgan fingerprint density at radius 2 is 1.83 bits per heavy atom. The van der Waals surface area contributed by atoms with Crippen LogP contribution in [0.1, 0.15) is 39.5 Å². The van der Waals surface area contributed by atoms with Crippen LogP contribution in [0.2, 0.25) is 0 Å². The molecule has 2 rings (SSSR count). The van der Waals surface area contributed by atoms with Crippen molar-refractivity contribution in [3.05, 3.63) is 0 Å². The first-order chi connectivity index (χ1) is 8.61. The summed E-state index contributed by atoms with van der Waals surface area (Å²) in [5.41, 5.74) is 6.42. The van der Waals surface area contributed by atoms with Gasteiger partial charge in [-0.15, -0.1) is 0 Å². The first-order valence-electron chi connectivity index (χ1n) is 7.60. The molecular weight excluding hydrogens is 224 g/mol. The molecular formula is C15H30N2O.